The van der Waals surface area contributed by atoms with Gasteiger partial charge in [0.1, 0.15) is 0 Å². The van der Waals surface area contributed by atoms with Crippen molar-refractivity contribution in [1.82, 2.24) is 5.32 Å². The van der Waals surface area contributed by atoms with Crippen LogP contribution in [0.1, 0.15) is 219 Å². The van der Waals surface area contributed by atoms with E-state index in [1.165, 1.54) is 135 Å². The fraction of sp³-hybridized carbons (Fsp3) is 0.740. The number of aliphatic hydroxyl groups excluding tert-OH is 2. The third kappa shape index (κ3) is 41.0. The van der Waals surface area contributed by atoms with Crippen LogP contribution in [-0.4, -0.2) is 34.9 Å². The standard InChI is InChI=1S/C50H89NO3/c1-3-5-7-9-11-13-15-17-19-21-23-24-25-26-28-29-31-33-35-37-39-41-43-45-49(53)48(47-52)51-50(54)46-44-42-40-38-36-34-32-30-27-22-20-18-16-14-12-10-8-6-4-2/h6,8,12,14,18,20,27,30,34,36,40,42,48-49,52-53H,3-5,7,9-11,13,15-17,19,21-26,28-29,31-33,35,37-39,41,43-47H2,1-2H3,(H,51,54)/b8-6-,14-12-,20-18-,30-27-,36-34-,42-40-. The fourth-order valence-electron chi connectivity index (χ4n) is 6.74. The molecule has 2 unspecified atom stereocenters. The average molecular weight is 752 g/mol. The Hall–Kier alpha value is -2.17. The molecule has 0 saturated heterocycles. The number of nitrogens with one attached hydrogen (secondary N) is 1. The summed E-state index contributed by atoms with van der Waals surface area (Å²) in [5.41, 5.74) is 0. The molecule has 3 N–H and O–H groups in total. The zero-order valence-corrected chi connectivity index (χ0v) is 35.7. The maximum Gasteiger partial charge on any atom is 0.220 e. The van der Waals surface area contributed by atoms with Crippen LogP contribution < -0.4 is 5.32 Å². The minimum Gasteiger partial charge on any atom is -0.394 e. The summed E-state index contributed by atoms with van der Waals surface area (Å²) in [5, 5.41) is 23.1. The molecule has 0 spiro atoms. The summed E-state index contributed by atoms with van der Waals surface area (Å²) < 4.78 is 0. The van der Waals surface area contributed by atoms with E-state index in [4.69, 9.17) is 0 Å². The lowest BCUT2D eigenvalue weighted by atomic mass is 10.0. The number of allylic oxidation sites excluding steroid dienone is 12. The molecule has 0 rings (SSSR count). The molecule has 2 atom stereocenters. The molecule has 1 amide bonds. The van der Waals surface area contributed by atoms with Gasteiger partial charge in [0.2, 0.25) is 5.91 Å². The van der Waals surface area contributed by atoms with E-state index < -0.39 is 12.1 Å². The summed E-state index contributed by atoms with van der Waals surface area (Å²) in [7, 11) is 0. The van der Waals surface area contributed by atoms with E-state index in [1.807, 2.05) is 6.08 Å². The number of hydrogen-bond acceptors (Lipinski definition) is 3. The van der Waals surface area contributed by atoms with Gasteiger partial charge in [-0.15, -0.1) is 0 Å². The summed E-state index contributed by atoms with van der Waals surface area (Å²) in [6, 6.07) is -0.581. The molecule has 0 bridgehead atoms. The monoisotopic (exact) mass is 752 g/mol. The van der Waals surface area contributed by atoms with Crippen molar-refractivity contribution < 1.29 is 15.0 Å². The predicted molar refractivity (Wildman–Crippen MR) is 239 cm³/mol. The Morgan fingerprint density at radius 3 is 1.11 bits per heavy atom. The Labute approximate surface area is 336 Å². The molecule has 54 heavy (non-hydrogen) atoms. The first-order valence-electron chi connectivity index (χ1n) is 23.1. The van der Waals surface area contributed by atoms with Crippen molar-refractivity contribution in [3.05, 3.63) is 72.9 Å². The number of rotatable bonds is 41. The lowest BCUT2D eigenvalue weighted by Crippen LogP contribution is -2.45. The lowest BCUT2D eigenvalue weighted by molar-refractivity contribution is -0.123. The Morgan fingerprint density at radius 1 is 0.463 bits per heavy atom. The molecule has 0 aliphatic carbocycles. The van der Waals surface area contributed by atoms with Crippen molar-refractivity contribution in [3.63, 3.8) is 0 Å². The van der Waals surface area contributed by atoms with Gasteiger partial charge in [0.25, 0.3) is 0 Å². The van der Waals surface area contributed by atoms with Crippen LogP contribution in [0.4, 0.5) is 0 Å². The largest absolute Gasteiger partial charge is 0.394 e. The first-order chi connectivity index (χ1) is 26.7. The quantitative estimate of drug-likeness (QED) is 0.0430. The van der Waals surface area contributed by atoms with Crippen molar-refractivity contribution in [2.24, 2.45) is 0 Å². The van der Waals surface area contributed by atoms with Gasteiger partial charge in [0.05, 0.1) is 18.8 Å². The van der Waals surface area contributed by atoms with Gasteiger partial charge >= 0.3 is 0 Å². The molecule has 0 aromatic carbocycles. The number of carbonyl (C=O) groups is 1. The first-order valence-corrected chi connectivity index (χ1v) is 23.1. The van der Waals surface area contributed by atoms with Crippen LogP contribution in [-0.2, 0) is 4.79 Å². The number of aliphatic hydroxyl groups is 2. The van der Waals surface area contributed by atoms with E-state index in [0.717, 1.165) is 51.4 Å². The van der Waals surface area contributed by atoms with Crippen LogP contribution in [0.15, 0.2) is 72.9 Å². The van der Waals surface area contributed by atoms with E-state index >= 15 is 0 Å². The number of amides is 1. The van der Waals surface area contributed by atoms with Crippen LogP contribution in [0.2, 0.25) is 0 Å². The Balaban J connectivity index is 3.62. The van der Waals surface area contributed by atoms with Gasteiger partial charge in [-0.3, -0.25) is 4.79 Å². The van der Waals surface area contributed by atoms with Gasteiger partial charge in [-0.2, -0.15) is 0 Å². The molecule has 4 heteroatoms. The second kappa shape index (κ2) is 45.2. The zero-order chi connectivity index (χ0) is 39.3. The highest BCUT2D eigenvalue weighted by Crippen LogP contribution is 2.16. The van der Waals surface area contributed by atoms with E-state index in [1.54, 1.807) is 0 Å². The van der Waals surface area contributed by atoms with Crippen LogP contribution in [0.5, 0.6) is 0 Å². The van der Waals surface area contributed by atoms with Gasteiger partial charge in [-0.05, 0) is 51.4 Å². The molecule has 0 aliphatic heterocycles. The van der Waals surface area contributed by atoms with Crippen LogP contribution >= 0.6 is 0 Å². The molecule has 0 aromatic rings. The summed E-state index contributed by atoms with van der Waals surface area (Å²) in [4.78, 5) is 12.4. The number of carbonyl (C=O) groups excluding carboxylic acids is 1. The highest BCUT2D eigenvalue weighted by Gasteiger charge is 2.19. The molecule has 0 aliphatic rings. The van der Waals surface area contributed by atoms with Crippen LogP contribution in [0, 0.1) is 0 Å². The Morgan fingerprint density at radius 2 is 0.778 bits per heavy atom. The molecular weight excluding hydrogens is 663 g/mol. The molecule has 4 nitrogen and oxygen atoms in total. The predicted octanol–water partition coefficient (Wildman–Crippen LogP) is 14.7. The summed E-state index contributed by atoms with van der Waals surface area (Å²) >= 11 is 0. The summed E-state index contributed by atoms with van der Waals surface area (Å²) in [6.45, 7) is 4.22. The van der Waals surface area contributed by atoms with E-state index in [2.05, 4.69) is 86.0 Å². The average Bonchev–Trinajstić information content (AvgIpc) is 3.18. The van der Waals surface area contributed by atoms with Crippen LogP contribution in [0.25, 0.3) is 0 Å². The molecule has 0 fully saturated rings. The van der Waals surface area contributed by atoms with Crippen molar-refractivity contribution in [3.8, 4) is 0 Å². The molecule has 0 heterocycles. The third-order valence-corrected chi connectivity index (χ3v) is 10.2. The van der Waals surface area contributed by atoms with Gasteiger partial charge in [-0.25, -0.2) is 0 Å². The smallest absolute Gasteiger partial charge is 0.220 e. The second-order valence-corrected chi connectivity index (χ2v) is 15.4. The van der Waals surface area contributed by atoms with E-state index in [0.29, 0.717) is 19.3 Å². The molecular formula is C50H89NO3. The lowest BCUT2D eigenvalue weighted by Gasteiger charge is -2.22. The SMILES string of the molecule is CC/C=C\C/C=C\C/C=C\C/C=C\C/C=C\C/C=C\CCC(=O)NC(CO)C(O)CCCCCCCCCCCCCCCCCCCCCCCCC. The zero-order valence-electron chi connectivity index (χ0n) is 35.7. The fourth-order valence-corrected chi connectivity index (χ4v) is 6.74. The van der Waals surface area contributed by atoms with E-state index in [-0.39, 0.29) is 12.5 Å². The van der Waals surface area contributed by atoms with E-state index in [9.17, 15) is 15.0 Å². The third-order valence-electron chi connectivity index (χ3n) is 10.2. The molecule has 312 valence electrons. The first kappa shape index (κ1) is 51.8. The number of hydrogen-bond donors (Lipinski definition) is 3. The minimum atomic E-state index is -0.695. The van der Waals surface area contributed by atoms with Gasteiger partial charge in [-0.1, -0.05) is 234 Å². The van der Waals surface area contributed by atoms with Crippen molar-refractivity contribution >= 4 is 5.91 Å². The summed E-state index contributed by atoms with van der Waals surface area (Å²) in [6.07, 6.45) is 64.3. The van der Waals surface area contributed by atoms with Crippen molar-refractivity contribution in [1.29, 1.82) is 0 Å². The highest BCUT2D eigenvalue weighted by atomic mass is 16.3. The minimum absolute atomic E-state index is 0.114. The van der Waals surface area contributed by atoms with Gasteiger partial charge in [0, 0.05) is 6.42 Å². The molecule has 0 radical (unpaired) electrons. The maximum atomic E-state index is 12.4. The van der Waals surface area contributed by atoms with Gasteiger partial charge in [0.15, 0.2) is 0 Å². The number of unbranched alkanes of at least 4 members (excludes halogenated alkanes) is 22. The topological polar surface area (TPSA) is 69.6 Å². The summed E-state index contributed by atoms with van der Waals surface area (Å²) in [5.74, 6) is -0.114. The molecule has 0 aromatic heterocycles. The maximum absolute atomic E-state index is 12.4. The highest BCUT2D eigenvalue weighted by molar-refractivity contribution is 5.76. The normalized spacial score (nSPS) is 13.6. The Bertz CT molecular complexity index is 946. The van der Waals surface area contributed by atoms with Gasteiger partial charge < -0.3 is 15.5 Å². The van der Waals surface area contributed by atoms with Crippen molar-refractivity contribution in [2.45, 2.75) is 231 Å². The molecule has 0 saturated carbocycles. The van der Waals surface area contributed by atoms with Crippen LogP contribution in [0.3, 0.4) is 0 Å². The second-order valence-electron chi connectivity index (χ2n) is 15.4. The Kier molecular flexibility index (Phi) is 43.4. The van der Waals surface area contributed by atoms with Crippen molar-refractivity contribution in [2.75, 3.05) is 6.61 Å².